The molecule has 2 N–H and O–H groups in total. The summed E-state index contributed by atoms with van der Waals surface area (Å²) in [6.45, 7) is 5.59. The van der Waals surface area contributed by atoms with Crippen molar-refractivity contribution in [2.75, 3.05) is 19.1 Å². The third kappa shape index (κ3) is 7.97. The number of benzene rings is 3. The lowest BCUT2D eigenvalue weighted by atomic mass is 9.97. The third-order valence-electron chi connectivity index (χ3n) is 6.68. The van der Waals surface area contributed by atoms with Gasteiger partial charge in [0.25, 0.3) is 5.91 Å². The maximum absolute atomic E-state index is 14.0. The summed E-state index contributed by atoms with van der Waals surface area (Å²) in [6, 6.07) is 17.6. The molecule has 0 saturated carbocycles. The van der Waals surface area contributed by atoms with Crippen molar-refractivity contribution >= 4 is 35.3 Å². The second-order valence-electron chi connectivity index (χ2n) is 11.0. The van der Waals surface area contributed by atoms with Crippen molar-refractivity contribution < 1.29 is 38.4 Å². The van der Waals surface area contributed by atoms with E-state index < -0.39 is 42.2 Å². The number of ether oxygens (including phenoxy) is 4. The molecule has 43 heavy (non-hydrogen) atoms. The molecule has 0 aliphatic carbocycles. The Morgan fingerprint density at radius 1 is 1.05 bits per heavy atom. The maximum atomic E-state index is 14.0. The molecule has 2 atom stereocenters. The Balaban J connectivity index is 1.75. The summed E-state index contributed by atoms with van der Waals surface area (Å²) in [4.78, 5) is 39.6. The highest BCUT2D eigenvalue weighted by atomic mass is 35.5. The molecule has 2 unspecified atom stereocenters. The van der Waals surface area contributed by atoms with Crippen molar-refractivity contribution in [1.29, 1.82) is 0 Å². The van der Waals surface area contributed by atoms with Crippen LogP contribution < -0.4 is 19.7 Å². The monoisotopic (exact) mass is 610 g/mol. The van der Waals surface area contributed by atoms with Crippen LogP contribution >= 0.6 is 11.6 Å². The first-order valence-electron chi connectivity index (χ1n) is 13.6. The molecular weight excluding hydrogens is 576 g/mol. The summed E-state index contributed by atoms with van der Waals surface area (Å²) in [5, 5.41) is 12.9. The van der Waals surface area contributed by atoms with Crippen LogP contribution in [0.3, 0.4) is 0 Å². The van der Waals surface area contributed by atoms with E-state index >= 15 is 0 Å². The largest absolute Gasteiger partial charge is 0.497 e. The van der Waals surface area contributed by atoms with E-state index in [0.29, 0.717) is 38.9 Å². The van der Waals surface area contributed by atoms with E-state index in [-0.39, 0.29) is 13.1 Å². The number of halogens is 1. The van der Waals surface area contributed by atoms with E-state index in [1.165, 1.54) is 12.0 Å². The highest BCUT2D eigenvalue weighted by Gasteiger charge is 2.38. The third-order valence-corrected chi connectivity index (χ3v) is 6.91. The molecule has 0 aromatic heterocycles. The zero-order valence-corrected chi connectivity index (χ0v) is 25.4. The predicted octanol–water partition coefficient (Wildman–Crippen LogP) is 5.88. The SMILES string of the molecule is COc1ccc(CN2C(=O)C(CC(=O)O)OC(c3cccc(CNC(=O)OC(C)(C)C)c3)c3cc(Cl)ccc32)c(OC)c1. The molecule has 0 spiro atoms. The van der Waals surface area contributed by atoms with Crippen molar-refractivity contribution in [2.24, 2.45) is 0 Å². The van der Waals surface area contributed by atoms with Crippen molar-refractivity contribution in [1.82, 2.24) is 5.32 Å². The molecule has 1 aliphatic heterocycles. The summed E-state index contributed by atoms with van der Waals surface area (Å²) in [5.74, 6) is -0.611. The number of carbonyl (C=O) groups is 3. The van der Waals surface area contributed by atoms with Gasteiger partial charge in [-0.25, -0.2) is 4.79 Å². The van der Waals surface area contributed by atoms with Gasteiger partial charge >= 0.3 is 12.1 Å². The molecule has 10 nitrogen and oxygen atoms in total. The first-order chi connectivity index (χ1) is 20.4. The number of nitrogens with zero attached hydrogens (tertiary/aromatic N) is 1. The van der Waals surface area contributed by atoms with Crippen LogP contribution in [0, 0.1) is 0 Å². The number of amides is 2. The van der Waals surface area contributed by atoms with Crippen molar-refractivity contribution in [3.05, 3.63) is 87.9 Å². The fourth-order valence-corrected chi connectivity index (χ4v) is 4.97. The van der Waals surface area contributed by atoms with Gasteiger partial charge in [-0.2, -0.15) is 0 Å². The number of carboxylic acids is 1. The zero-order chi connectivity index (χ0) is 31.3. The standard InChI is InChI=1S/C32H35ClN2O8/c1-32(2,3)43-31(39)34-17-19-7-6-8-20(13-19)29-24-14-22(33)10-12-25(24)35(30(38)27(42-29)16-28(36)37)18-21-9-11-23(40-4)15-26(21)41-5/h6-15,27,29H,16-18H2,1-5H3,(H,34,39)(H,36,37). The molecule has 0 fully saturated rings. The van der Waals surface area contributed by atoms with Crippen LogP contribution in [-0.2, 0) is 32.2 Å². The van der Waals surface area contributed by atoms with Gasteiger partial charge in [0.05, 0.1) is 32.9 Å². The molecule has 0 saturated heterocycles. The number of carbonyl (C=O) groups excluding carboxylic acids is 2. The number of hydrogen-bond donors (Lipinski definition) is 2. The van der Waals surface area contributed by atoms with Gasteiger partial charge in [-0.05, 0) is 62.2 Å². The second kappa shape index (κ2) is 13.4. The van der Waals surface area contributed by atoms with Crippen molar-refractivity contribution in [2.45, 2.75) is 58.1 Å². The molecule has 3 aromatic carbocycles. The molecule has 0 radical (unpaired) electrons. The van der Waals surface area contributed by atoms with Gasteiger partial charge in [0.1, 0.15) is 29.3 Å². The van der Waals surface area contributed by atoms with E-state index in [4.69, 9.17) is 30.5 Å². The Morgan fingerprint density at radius 3 is 2.49 bits per heavy atom. The van der Waals surface area contributed by atoms with Gasteiger partial charge in [-0.15, -0.1) is 0 Å². The summed E-state index contributed by atoms with van der Waals surface area (Å²) in [5.41, 5.74) is 2.54. The lowest BCUT2D eigenvalue weighted by Crippen LogP contribution is -2.40. The van der Waals surface area contributed by atoms with E-state index in [9.17, 15) is 19.5 Å². The maximum Gasteiger partial charge on any atom is 0.407 e. The Hall–Kier alpha value is -4.28. The average molecular weight is 611 g/mol. The smallest absolute Gasteiger partial charge is 0.407 e. The van der Waals surface area contributed by atoms with Gasteiger partial charge < -0.3 is 34.3 Å². The lowest BCUT2D eigenvalue weighted by molar-refractivity contribution is -0.147. The molecule has 1 aliphatic rings. The molecule has 11 heteroatoms. The second-order valence-corrected chi connectivity index (χ2v) is 11.4. The number of nitrogens with one attached hydrogen (secondary N) is 1. The Kier molecular flexibility index (Phi) is 9.83. The minimum absolute atomic E-state index is 0.0761. The zero-order valence-electron chi connectivity index (χ0n) is 24.7. The van der Waals surface area contributed by atoms with Crippen LogP contribution in [-0.4, -0.2) is 49.0 Å². The van der Waals surface area contributed by atoms with E-state index in [2.05, 4.69) is 5.32 Å². The van der Waals surface area contributed by atoms with Crippen molar-refractivity contribution in [3.8, 4) is 11.5 Å². The normalized spacial score (nSPS) is 16.6. The molecule has 228 valence electrons. The first-order valence-corrected chi connectivity index (χ1v) is 14.0. The number of methoxy groups -OCH3 is 2. The summed E-state index contributed by atoms with van der Waals surface area (Å²) >= 11 is 6.45. The highest BCUT2D eigenvalue weighted by Crippen LogP contribution is 2.41. The van der Waals surface area contributed by atoms with Gasteiger partial charge in [0, 0.05) is 28.8 Å². The number of anilines is 1. The minimum atomic E-state index is -1.30. The van der Waals surface area contributed by atoms with Crippen LogP contribution in [0.2, 0.25) is 5.02 Å². The molecule has 3 aromatic rings. The fraction of sp³-hybridized carbons (Fsp3) is 0.344. The van der Waals surface area contributed by atoms with Gasteiger partial charge in [0.2, 0.25) is 0 Å². The number of rotatable bonds is 9. The van der Waals surface area contributed by atoms with Gasteiger partial charge in [0.15, 0.2) is 0 Å². The number of alkyl carbamates (subject to hydrolysis) is 1. The highest BCUT2D eigenvalue weighted by molar-refractivity contribution is 6.30. The summed E-state index contributed by atoms with van der Waals surface area (Å²) in [6.07, 6.45) is -3.25. The van der Waals surface area contributed by atoms with Crippen LogP contribution in [0.15, 0.2) is 60.7 Å². The number of fused-ring (bicyclic) bond motifs is 1. The topological polar surface area (TPSA) is 124 Å². The average Bonchev–Trinajstić information content (AvgIpc) is 3.05. The quantitative estimate of drug-likeness (QED) is 0.308. The van der Waals surface area contributed by atoms with Crippen LogP contribution in [0.25, 0.3) is 0 Å². The number of hydrogen-bond acceptors (Lipinski definition) is 7. The minimum Gasteiger partial charge on any atom is -0.497 e. The molecule has 2 amide bonds. The Bertz CT molecular complexity index is 1500. The molecule has 0 bridgehead atoms. The summed E-state index contributed by atoms with van der Waals surface area (Å²) in [7, 11) is 3.07. The summed E-state index contributed by atoms with van der Waals surface area (Å²) < 4.78 is 22.5. The molecule has 4 rings (SSSR count). The van der Waals surface area contributed by atoms with E-state index in [1.54, 1.807) is 70.3 Å². The van der Waals surface area contributed by atoms with Crippen molar-refractivity contribution in [3.63, 3.8) is 0 Å². The predicted molar refractivity (Wildman–Crippen MR) is 161 cm³/mol. The van der Waals surface area contributed by atoms with Gasteiger partial charge in [-0.1, -0.05) is 35.9 Å². The Morgan fingerprint density at radius 2 is 1.81 bits per heavy atom. The lowest BCUT2D eigenvalue weighted by Gasteiger charge is -2.26. The van der Waals surface area contributed by atoms with E-state index in [0.717, 1.165) is 5.56 Å². The van der Waals surface area contributed by atoms with Crippen LogP contribution in [0.5, 0.6) is 11.5 Å². The number of aliphatic carboxylic acids is 1. The van der Waals surface area contributed by atoms with E-state index in [1.807, 2.05) is 18.2 Å². The van der Waals surface area contributed by atoms with Crippen LogP contribution in [0.4, 0.5) is 10.5 Å². The number of carboxylic acid groups (broad SMARTS) is 1. The Labute approximate surface area is 255 Å². The van der Waals surface area contributed by atoms with Gasteiger partial charge in [-0.3, -0.25) is 9.59 Å². The molecular formula is C32H35ClN2O8. The van der Waals surface area contributed by atoms with Crippen LogP contribution in [0.1, 0.15) is 55.5 Å². The molecule has 1 heterocycles. The fourth-order valence-electron chi connectivity index (χ4n) is 4.79. The first kappa shape index (κ1) is 31.7.